The van der Waals surface area contributed by atoms with Gasteiger partial charge in [-0.05, 0) is 54.6 Å². The van der Waals surface area contributed by atoms with Crippen molar-refractivity contribution in [3.05, 3.63) is 89.6 Å². The van der Waals surface area contributed by atoms with Gasteiger partial charge in [0, 0.05) is 16.1 Å². The predicted octanol–water partition coefficient (Wildman–Crippen LogP) is 6.40. The van der Waals surface area contributed by atoms with E-state index in [9.17, 15) is 4.79 Å². The molecule has 0 bridgehead atoms. The third-order valence-corrected chi connectivity index (χ3v) is 5.28. The largest absolute Gasteiger partial charge is 0.495 e. The van der Waals surface area contributed by atoms with Gasteiger partial charge >= 0.3 is 0 Å². The number of hydrogen-bond donors (Lipinski definition) is 2. The molecule has 0 unspecified atom stereocenters. The van der Waals surface area contributed by atoms with Crippen LogP contribution in [0.4, 0.5) is 5.69 Å². The molecule has 2 heterocycles. The number of para-hydroxylation sites is 2. The van der Waals surface area contributed by atoms with Crippen LogP contribution < -0.4 is 10.1 Å². The number of H-pyrrole nitrogens is 1. The van der Waals surface area contributed by atoms with E-state index in [1.807, 2.05) is 48.5 Å². The summed E-state index contributed by atoms with van der Waals surface area (Å²) in [5.41, 5.74) is 3.93. The Morgan fingerprint density at radius 1 is 1.00 bits per heavy atom. The van der Waals surface area contributed by atoms with Crippen LogP contribution in [0.25, 0.3) is 33.7 Å². The number of benzene rings is 3. The minimum Gasteiger partial charge on any atom is -0.495 e. The summed E-state index contributed by atoms with van der Waals surface area (Å²) in [6.45, 7) is 0. The van der Waals surface area contributed by atoms with Crippen LogP contribution >= 0.6 is 11.6 Å². The van der Waals surface area contributed by atoms with Gasteiger partial charge < -0.3 is 19.5 Å². The highest BCUT2D eigenvalue weighted by atomic mass is 35.5. The van der Waals surface area contributed by atoms with Crippen LogP contribution in [0.1, 0.15) is 10.6 Å². The maximum absolute atomic E-state index is 12.9. The quantitative estimate of drug-likeness (QED) is 0.329. The highest BCUT2D eigenvalue weighted by Gasteiger charge is 2.16. The molecule has 5 aromatic rings. The van der Waals surface area contributed by atoms with Gasteiger partial charge in [-0.1, -0.05) is 35.9 Å². The van der Waals surface area contributed by atoms with Crippen molar-refractivity contribution in [2.75, 3.05) is 12.4 Å². The van der Waals surface area contributed by atoms with Gasteiger partial charge in [-0.3, -0.25) is 4.79 Å². The molecule has 2 N–H and O–H groups in total. The molecule has 32 heavy (non-hydrogen) atoms. The molecule has 0 atom stereocenters. The van der Waals surface area contributed by atoms with Crippen LogP contribution in [0.3, 0.4) is 0 Å². The summed E-state index contributed by atoms with van der Waals surface area (Å²) in [7, 11) is 1.55. The summed E-state index contributed by atoms with van der Waals surface area (Å²) in [6.07, 6.45) is 0. The molecule has 0 fully saturated rings. The van der Waals surface area contributed by atoms with Crippen molar-refractivity contribution >= 4 is 34.2 Å². The zero-order valence-corrected chi connectivity index (χ0v) is 17.8. The number of aromatic amines is 1. The standard InChI is InChI=1S/C25H18ClN3O3/c1-31-22-10-9-16(24-27-18-7-2-3-8-19(18)28-24)14-20(22)29-25(30)23-12-11-21(32-23)15-5-4-6-17(26)13-15/h2-14H,1H3,(H,27,28)(H,29,30). The Kier molecular flexibility index (Phi) is 5.13. The number of amides is 1. The fraction of sp³-hybridized carbons (Fsp3) is 0.0400. The minimum absolute atomic E-state index is 0.177. The summed E-state index contributed by atoms with van der Waals surface area (Å²) < 4.78 is 11.2. The Labute approximate surface area is 188 Å². The Morgan fingerprint density at radius 2 is 1.88 bits per heavy atom. The van der Waals surface area contributed by atoms with Gasteiger partial charge in [0.05, 0.1) is 23.8 Å². The normalized spacial score (nSPS) is 10.9. The molecule has 7 heteroatoms. The van der Waals surface area contributed by atoms with Crippen LogP contribution in [-0.4, -0.2) is 23.0 Å². The summed E-state index contributed by atoms with van der Waals surface area (Å²) in [4.78, 5) is 20.8. The third kappa shape index (κ3) is 3.84. The average Bonchev–Trinajstić information content (AvgIpc) is 3.47. The van der Waals surface area contributed by atoms with Crippen molar-refractivity contribution in [1.29, 1.82) is 0 Å². The molecule has 1 amide bonds. The van der Waals surface area contributed by atoms with E-state index in [4.69, 9.17) is 20.8 Å². The van der Waals surface area contributed by atoms with E-state index >= 15 is 0 Å². The number of methoxy groups -OCH3 is 1. The lowest BCUT2D eigenvalue weighted by molar-refractivity contribution is 0.0997. The Balaban J connectivity index is 1.43. The molecule has 0 saturated carbocycles. The van der Waals surface area contributed by atoms with Gasteiger partial charge in [-0.15, -0.1) is 0 Å². The third-order valence-electron chi connectivity index (χ3n) is 5.05. The van der Waals surface area contributed by atoms with E-state index in [2.05, 4.69) is 15.3 Å². The number of anilines is 1. The van der Waals surface area contributed by atoms with Gasteiger partial charge in [0.25, 0.3) is 5.91 Å². The SMILES string of the molecule is COc1ccc(-c2nc3ccccc3[nH]2)cc1NC(=O)c1ccc(-c2cccc(Cl)c2)o1. The number of rotatable bonds is 5. The summed E-state index contributed by atoms with van der Waals surface area (Å²) in [5.74, 6) is 1.57. The molecule has 0 aliphatic heterocycles. The topological polar surface area (TPSA) is 80.1 Å². The van der Waals surface area contributed by atoms with Crippen LogP contribution in [-0.2, 0) is 0 Å². The maximum atomic E-state index is 12.9. The number of carbonyl (C=O) groups is 1. The van der Waals surface area contributed by atoms with Crippen LogP contribution in [0.2, 0.25) is 5.02 Å². The average molecular weight is 444 g/mol. The van der Waals surface area contributed by atoms with Crippen LogP contribution in [0, 0.1) is 0 Å². The van der Waals surface area contributed by atoms with E-state index in [1.54, 1.807) is 37.4 Å². The fourth-order valence-electron chi connectivity index (χ4n) is 3.48. The summed E-state index contributed by atoms with van der Waals surface area (Å²) in [6, 6.07) is 23.9. The number of nitrogens with one attached hydrogen (secondary N) is 2. The monoisotopic (exact) mass is 443 g/mol. The Bertz CT molecular complexity index is 1400. The zero-order chi connectivity index (χ0) is 22.1. The second-order valence-electron chi connectivity index (χ2n) is 7.15. The second-order valence-corrected chi connectivity index (χ2v) is 7.58. The smallest absolute Gasteiger partial charge is 0.291 e. The Morgan fingerprint density at radius 3 is 2.69 bits per heavy atom. The molecule has 2 aromatic heterocycles. The number of imidazole rings is 1. The van der Waals surface area contributed by atoms with E-state index in [-0.39, 0.29) is 5.76 Å². The lowest BCUT2D eigenvalue weighted by Gasteiger charge is -2.10. The van der Waals surface area contributed by atoms with Crippen molar-refractivity contribution in [2.24, 2.45) is 0 Å². The number of hydrogen-bond acceptors (Lipinski definition) is 4. The van der Waals surface area contributed by atoms with Gasteiger partial charge in [-0.2, -0.15) is 0 Å². The molecule has 6 nitrogen and oxygen atoms in total. The number of ether oxygens (including phenoxy) is 1. The van der Waals surface area contributed by atoms with Crippen molar-refractivity contribution in [3.8, 4) is 28.5 Å². The molecular formula is C25H18ClN3O3. The summed E-state index contributed by atoms with van der Waals surface area (Å²) in [5, 5.41) is 3.47. The molecule has 0 spiro atoms. The van der Waals surface area contributed by atoms with Crippen molar-refractivity contribution in [3.63, 3.8) is 0 Å². The van der Waals surface area contributed by atoms with E-state index < -0.39 is 5.91 Å². The molecule has 0 aliphatic rings. The van der Waals surface area contributed by atoms with Crippen molar-refractivity contribution in [2.45, 2.75) is 0 Å². The van der Waals surface area contributed by atoms with E-state index in [1.165, 1.54) is 0 Å². The molecule has 0 saturated heterocycles. The number of fused-ring (bicyclic) bond motifs is 1. The predicted molar refractivity (Wildman–Crippen MR) is 125 cm³/mol. The first-order chi connectivity index (χ1) is 15.6. The fourth-order valence-corrected chi connectivity index (χ4v) is 3.67. The van der Waals surface area contributed by atoms with Gasteiger partial charge in [-0.25, -0.2) is 4.98 Å². The molecular weight excluding hydrogens is 426 g/mol. The maximum Gasteiger partial charge on any atom is 0.291 e. The first-order valence-corrected chi connectivity index (χ1v) is 10.3. The number of carbonyl (C=O) groups excluding carboxylic acids is 1. The number of halogens is 1. The first kappa shape index (κ1) is 19.9. The second kappa shape index (κ2) is 8.24. The van der Waals surface area contributed by atoms with Crippen molar-refractivity contribution in [1.82, 2.24) is 9.97 Å². The lowest BCUT2D eigenvalue weighted by Crippen LogP contribution is -2.11. The number of furan rings is 1. The van der Waals surface area contributed by atoms with E-state index in [0.717, 1.165) is 22.2 Å². The highest BCUT2D eigenvalue weighted by Crippen LogP contribution is 2.31. The number of nitrogens with zero attached hydrogens (tertiary/aromatic N) is 1. The molecule has 3 aromatic carbocycles. The van der Waals surface area contributed by atoms with Gasteiger partial charge in [0.15, 0.2) is 5.76 Å². The molecule has 5 rings (SSSR count). The molecule has 0 aliphatic carbocycles. The lowest BCUT2D eigenvalue weighted by atomic mass is 10.1. The molecule has 158 valence electrons. The zero-order valence-electron chi connectivity index (χ0n) is 17.1. The first-order valence-electron chi connectivity index (χ1n) is 9.91. The van der Waals surface area contributed by atoms with E-state index in [0.29, 0.717) is 28.0 Å². The number of aromatic nitrogens is 2. The van der Waals surface area contributed by atoms with Crippen LogP contribution in [0.5, 0.6) is 5.75 Å². The van der Waals surface area contributed by atoms with Crippen LogP contribution in [0.15, 0.2) is 83.3 Å². The van der Waals surface area contributed by atoms with Gasteiger partial charge in [0.1, 0.15) is 17.3 Å². The Hall–Kier alpha value is -4.03. The molecule has 0 radical (unpaired) electrons. The van der Waals surface area contributed by atoms with Crippen molar-refractivity contribution < 1.29 is 13.9 Å². The van der Waals surface area contributed by atoms with Gasteiger partial charge in [0.2, 0.25) is 0 Å². The highest BCUT2D eigenvalue weighted by molar-refractivity contribution is 6.30. The minimum atomic E-state index is -0.390. The summed E-state index contributed by atoms with van der Waals surface area (Å²) >= 11 is 6.05.